The first-order valence-electron chi connectivity index (χ1n) is 20.2. The second-order valence-electron chi connectivity index (χ2n) is 18.3. The van der Waals surface area contributed by atoms with Gasteiger partial charge in [-0.05, 0) is 104 Å². The van der Waals surface area contributed by atoms with Crippen molar-refractivity contribution >= 4 is 10.4 Å². The molecule has 15 nitrogen and oxygen atoms in total. The smallest absolute Gasteiger partial charge is 0.393 e. The highest BCUT2D eigenvalue weighted by molar-refractivity contribution is 7.80. The van der Waals surface area contributed by atoms with Gasteiger partial charge in [-0.3, -0.25) is 4.55 Å². The van der Waals surface area contributed by atoms with Crippen molar-refractivity contribution in [3.05, 3.63) is 12.2 Å². The number of methoxy groups -OCH3 is 1. The fourth-order valence-electron chi connectivity index (χ4n) is 12.1. The Bertz CT molecular complexity index is 1430. The van der Waals surface area contributed by atoms with Gasteiger partial charge in [-0.2, -0.15) is 8.42 Å². The number of fused-ring (bicyclic) bond motifs is 5. The molecule has 0 radical (unpaired) electrons. The summed E-state index contributed by atoms with van der Waals surface area (Å²) in [6, 6.07) is 0. The quantitative estimate of drug-likeness (QED) is 0.104. The van der Waals surface area contributed by atoms with Crippen molar-refractivity contribution < 1.29 is 71.5 Å². The molecule has 7 N–H and O–H groups in total. The van der Waals surface area contributed by atoms with Crippen molar-refractivity contribution in [1.82, 2.24) is 0 Å². The first-order valence-corrected chi connectivity index (χ1v) is 21.6. The second kappa shape index (κ2) is 17.0. The minimum absolute atomic E-state index is 0.0244. The van der Waals surface area contributed by atoms with Gasteiger partial charge in [0.25, 0.3) is 0 Å². The highest BCUT2D eigenvalue weighted by atomic mass is 32.3. The molecule has 0 spiro atoms. The van der Waals surface area contributed by atoms with E-state index in [1.165, 1.54) is 7.11 Å². The molecule has 20 atom stereocenters. The van der Waals surface area contributed by atoms with Crippen LogP contribution in [0.2, 0.25) is 0 Å². The van der Waals surface area contributed by atoms with E-state index in [9.17, 15) is 43.6 Å². The summed E-state index contributed by atoms with van der Waals surface area (Å²) in [5.41, 5.74) is 0.850. The molecule has 16 heteroatoms. The van der Waals surface area contributed by atoms with E-state index in [1.54, 1.807) is 0 Å². The predicted molar refractivity (Wildman–Crippen MR) is 196 cm³/mol. The van der Waals surface area contributed by atoms with Crippen LogP contribution in [0.1, 0.15) is 85.5 Å². The van der Waals surface area contributed by atoms with Crippen LogP contribution in [0.5, 0.6) is 0 Å². The lowest BCUT2D eigenvalue weighted by Gasteiger charge is -2.62. The lowest BCUT2D eigenvalue weighted by molar-refractivity contribution is -0.343. The van der Waals surface area contributed by atoms with Crippen molar-refractivity contribution in [3.63, 3.8) is 0 Å². The maximum Gasteiger partial charge on any atom is 0.397 e. The average molecular weight is 807 g/mol. The van der Waals surface area contributed by atoms with Gasteiger partial charge in [0.15, 0.2) is 12.6 Å². The molecule has 4 aliphatic carbocycles. The summed E-state index contributed by atoms with van der Waals surface area (Å²) in [5, 5.41) is 64.6. The monoisotopic (exact) mass is 806 g/mol. The molecular formula is C39H66O15S. The van der Waals surface area contributed by atoms with Crippen molar-refractivity contribution in [2.75, 3.05) is 26.9 Å². The molecule has 6 fully saturated rings. The maximum atomic E-state index is 11.8. The Balaban J connectivity index is 1.06. The highest BCUT2D eigenvalue weighted by Crippen LogP contribution is 2.68. The number of hydrogen-bond acceptors (Lipinski definition) is 14. The zero-order valence-electron chi connectivity index (χ0n) is 32.9. The standard InChI is InChI=1S/C39H66O15S/c1-19(21(3)16-50-36-35(33(30(44)18-51-36)54-55(46,47)48)53-37-34(49-6)32(45)29(43)17-52-37)7-8-20(2)25-15-28(42)31-23-14-27(41)26-13-22(40)9-11-38(26,4)24(23)10-12-39(25,31)5/h20-37,40-45H,1,7-18H2,2-6H3,(H,46,47,48). The fourth-order valence-corrected chi connectivity index (χ4v) is 12.6. The van der Waals surface area contributed by atoms with Gasteiger partial charge in [0.1, 0.15) is 36.6 Å². The van der Waals surface area contributed by atoms with E-state index >= 15 is 0 Å². The molecule has 4 saturated carbocycles. The van der Waals surface area contributed by atoms with Crippen LogP contribution < -0.4 is 0 Å². The van der Waals surface area contributed by atoms with Gasteiger partial charge >= 0.3 is 10.4 Å². The fraction of sp³-hybridized carbons (Fsp3) is 0.949. The third-order valence-electron chi connectivity index (χ3n) is 15.1. The molecule has 0 aromatic carbocycles. The number of aliphatic hydroxyl groups is 6. The highest BCUT2D eigenvalue weighted by Gasteiger charge is 2.64. The van der Waals surface area contributed by atoms with Crippen LogP contribution in [0.25, 0.3) is 0 Å². The Morgan fingerprint density at radius 2 is 1.51 bits per heavy atom. The van der Waals surface area contributed by atoms with Crippen molar-refractivity contribution in [2.45, 2.75) is 153 Å². The number of rotatable bonds is 13. The summed E-state index contributed by atoms with van der Waals surface area (Å²) in [4.78, 5) is 0. The van der Waals surface area contributed by atoms with Gasteiger partial charge in [-0.25, -0.2) is 4.18 Å². The zero-order valence-corrected chi connectivity index (χ0v) is 33.7. The van der Waals surface area contributed by atoms with E-state index in [4.69, 9.17) is 27.9 Å². The lowest BCUT2D eigenvalue weighted by atomic mass is 9.43. The molecule has 6 aliphatic rings. The Kier molecular flexibility index (Phi) is 13.5. The molecule has 2 aliphatic heterocycles. The van der Waals surface area contributed by atoms with Crippen LogP contribution in [-0.2, 0) is 38.3 Å². The first-order chi connectivity index (χ1) is 25.8. The minimum atomic E-state index is -5.05. The summed E-state index contributed by atoms with van der Waals surface area (Å²) in [7, 11) is -3.79. The van der Waals surface area contributed by atoms with Crippen molar-refractivity contribution in [2.24, 2.45) is 52.3 Å². The molecule has 2 saturated heterocycles. The molecule has 0 amide bonds. The number of ether oxygens (including phenoxy) is 5. The van der Waals surface area contributed by atoms with Crippen molar-refractivity contribution in [1.29, 1.82) is 0 Å². The molecule has 0 aromatic rings. The Labute approximate surface area is 325 Å². The Morgan fingerprint density at radius 1 is 0.836 bits per heavy atom. The molecule has 55 heavy (non-hydrogen) atoms. The predicted octanol–water partition coefficient (Wildman–Crippen LogP) is 1.96. The van der Waals surface area contributed by atoms with E-state index < -0.39 is 78.4 Å². The van der Waals surface area contributed by atoms with Gasteiger partial charge in [0.2, 0.25) is 0 Å². The minimum Gasteiger partial charge on any atom is -0.393 e. The van der Waals surface area contributed by atoms with Crippen LogP contribution in [0.3, 0.4) is 0 Å². The summed E-state index contributed by atoms with van der Waals surface area (Å²) in [5.74, 6) is 1.33. The molecule has 6 rings (SSSR count). The Hall–Kier alpha value is -0.830. The van der Waals surface area contributed by atoms with Gasteiger partial charge in [0, 0.05) is 13.0 Å². The molecule has 318 valence electrons. The first kappa shape index (κ1) is 43.7. The Morgan fingerprint density at radius 3 is 2.20 bits per heavy atom. The summed E-state index contributed by atoms with van der Waals surface area (Å²) in [6.45, 7) is 12.6. The third kappa shape index (κ3) is 8.75. The zero-order chi connectivity index (χ0) is 40.2. The largest absolute Gasteiger partial charge is 0.397 e. The molecular weight excluding hydrogens is 740 g/mol. The van der Waals surface area contributed by atoms with E-state index in [0.29, 0.717) is 37.0 Å². The molecule has 0 aromatic heterocycles. The van der Waals surface area contributed by atoms with Gasteiger partial charge in [-0.15, -0.1) is 0 Å². The van der Waals surface area contributed by atoms with Crippen molar-refractivity contribution in [3.8, 4) is 0 Å². The number of hydrogen-bond donors (Lipinski definition) is 7. The van der Waals surface area contributed by atoms with Gasteiger partial charge in [-0.1, -0.05) is 39.8 Å². The van der Waals surface area contributed by atoms with Crippen LogP contribution in [0.15, 0.2) is 12.2 Å². The van der Waals surface area contributed by atoms with E-state index in [2.05, 4.69) is 27.4 Å². The normalized spacial score (nSPS) is 48.7. The van der Waals surface area contributed by atoms with Gasteiger partial charge in [0.05, 0.1) is 38.1 Å². The van der Waals surface area contributed by atoms with E-state index in [0.717, 1.165) is 44.1 Å². The lowest BCUT2D eigenvalue weighted by Crippen LogP contribution is -2.61. The van der Waals surface area contributed by atoms with Gasteiger partial charge < -0.3 is 54.3 Å². The molecule has 0 bridgehead atoms. The maximum absolute atomic E-state index is 11.8. The average Bonchev–Trinajstić information content (AvgIpc) is 3.40. The second-order valence-corrected chi connectivity index (χ2v) is 19.4. The summed E-state index contributed by atoms with van der Waals surface area (Å²) in [6.07, 6.45) is -4.98. The van der Waals surface area contributed by atoms with Crippen LogP contribution >= 0.6 is 0 Å². The van der Waals surface area contributed by atoms with Crippen LogP contribution in [0, 0.1) is 52.3 Å². The van der Waals surface area contributed by atoms with Crippen LogP contribution in [-0.4, -0.2) is 138 Å². The van der Waals surface area contributed by atoms with E-state index in [-0.39, 0.29) is 53.8 Å². The topological polar surface area (TPSA) is 231 Å². The third-order valence-corrected chi connectivity index (χ3v) is 15.6. The van der Waals surface area contributed by atoms with Crippen LogP contribution in [0.4, 0.5) is 0 Å². The summed E-state index contributed by atoms with van der Waals surface area (Å²) >= 11 is 0. The van der Waals surface area contributed by atoms with E-state index in [1.807, 2.05) is 6.92 Å². The SMILES string of the molecule is C=C(CCC(C)C1CC(O)C2C3CC(O)C4CC(O)CCC4(C)C3CCC12C)C(C)COC1OCC(O)C(OS(=O)(=O)O)C1OC1OCC(O)C(O)C1OC. The summed E-state index contributed by atoms with van der Waals surface area (Å²) < 4.78 is 66.4. The number of aliphatic hydroxyl groups excluding tert-OH is 6. The molecule has 20 unspecified atom stereocenters. The molecule has 2 heterocycles.